The van der Waals surface area contributed by atoms with E-state index in [1.807, 2.05) is 0 Å². The molecule has 22 heavy (non-hydrogen) atoms. The summed E-state index contributed by atoms with van der Waals surface area (Å²) in [5, 5.41) is 0. The summed E-state index contributed by atoms with van der Waals surface area (Å²) in [5.74, 6) is 0.565. The third kappa shape index (κ3) is 4.16. The molecule has 118 valence electrons. The number of unbranched alkanes of at least 4 members (excludes halogenated alkanes) is 1. The fourth-order valence-corrected chi connectivity index (χ4v) is 2.14. The van der Waals surface area contributed by atoms with Crippen LogP contribution in [-0.2, 0) is 11.2 Å². The van der Waals surface area contributed by atoms with Crippen molar-refractivity contribution in [3.8, 4) is 11.3 Å². The molecule has 0 aliphatic rings. The lowest BCUT2D eigenvalue weighted by molar-refractivity contribution is -0.130. The minimum Gasteiger partial charge on any atom is -0.441 e. The third-order valence-corrected chi connectivity index (χ3v) is 3.52. The highest BCUT2D eigenvalue weighted by molar-refractivity contribution is 5.76. The van der Waals surface area contributed by atoms with E-state index in [2.05, 4.69) is 11.9 Å². The van der Waals surface area contributed by atoms with Gasteiger partial charge < -0.3 is 9.32 Å². The molecule has 5 heteroatoms. The van der Waals surface area contributed by atoms with E-state index in [0.29, 0.717) is 30.1 Å². The van der Waals surface area contributed by atoms with Gasteiger partial charge in [0.05, 0.1) is 11.8 Å². The zero-order valence-corrected chi connectivity index (χ0v) is 13.0. The summed E-state index contributed by atoms with van der Waals surface area (Å²) in [7, 11) is 1.80. The van der Waals surface area contributed by atoms with Crippen molar-refractivity contribution in [1.82, 2.24) is 9.88 Å². The Balaban J connectivity index is 1.93. The number of hydrogen-bond acceptors (Lipinski definition) is 3. The number of benzene rings is 1. The van der Waals surface area contributed by atoms with Crippen LogP contribution in [0.5, 0.6) is 0 Å². The van der Waals surface area contributed by atoms with E-state index in [-0.39, 0.29) is 11.7 Å². The Kier molecular flexibility index (Phi) is 5.69. The predicted octanol–water partition coefficient (Wildman–Crippen LogP) is 3.67. The lowest BCUT2D eigenvalue weighted by atomic mass is 10.2. The summed E-state index contributed by atoms with van der Waals surface area (Å²) in [5.41, 5.74) is 0.382. The Morgan fingerprint density at radius 2 is 2.14 bits per heavy atom. The van der Waals surface area contributed by atoms with Gasteiger partial charge in [0, 0.05) is 26.4 Å². The molecular formula is C17H21FN2O2. The van der Waals surface area contributed by atoms with E-state index < -0.39 is 0 Å². The first-order chi connectivity index (χ1) is 10.6. The molecule has 0 aliphatic heterocycles. The van der Waals surface area contributed by atoms with Crippen LogP contribution in [0.4, 0.5) is 4.39 Å². The van der Waals surface area contributed by atoms with Crippen molar-refractivity contribution in [2.75, 3.05) is 13.6 Å². The summed E-state index contributed by atoms with van der Waals surface area (Å²) >= 11 is 0. The Labute approximate surface area is 130 Å². The smallest absolute Gasteiger partial charge is 0.222 e. The number of halogens is 1. The van der Waals surface area contributed by atoms with Crippen LogP contribution < -0.4 is 0 Å². The van der Waals surface area contributed by atoms with Gasteiger partial charge in [-0.05, 0) is 18.6 Å². The molecule has 0 saturated heterocycles. The molecule has 0 atom stereocenters. The second kappa shape index (κ2) is 7.73. The fourth-order valence-electron chi connectivity index (χ4n) is 2.14. The first-order valence-corrected chi connectivity index (χ1v) is 7.55. The maximum absolute atomic E-state index is 13.7. The van der Waals surface area contributed by atoms with Crippen molar-refractivity contribution < 1.29 is 13.6 Å². The molecule has 0 radical (unpaired) electrons. The van der Waals surface area contributed by atoms with E-state index in [4.69, 9.17) is 4.42 Å². The van der Waals surface area contributed by atoms with Crippen LogP contribution in [0, 0.1) is 5.82 Å². The van der Waals surface area contributed by atoms with Crippen LogP contribution >= 0.6 is 0 Å². The second-order valence-corrected chi connectivity index (χ2v) is 5.27. The van der Waals surface area contributed by atoms with Crippen molar-refractivity contribution in [3.05, 3.63) is 42.2 Å². The highest BCUT2D eigenvalue weighted by atomic mass is 19.1. The van der Waals surface area contributed by atoms with Gasteiger partial charge in [0.15, 0.2) is 11.7 Å². The number of rotatable bonds is 7. The maximum atomic E-state index is 13.7. The average Bonchev–Trinajstić information content (AvgIpc) is 2.99. The molecule has 1 heterocycles. The lowest BCUT2D eigenvalue weighted by Gasteiger charge is -2.15. The highest BCUT2D eigenvalue weighted by Gasteiger charge is 2.13. The number of carbonyl (C=O) groups excluding carboxylic acids is 1. The molecule has 1 aromatic heterocycles. The summed E-state index contributed by atoms with van der Waals surface area (Å²) in [6.45, 7) is 2.86. The van der Waals surface area contributed by atoms with Crippen LogP contribution in [0.2, 0.25) is 0 Å². The molecule has 2 aromatic rings. The minimum atomic E-state index is -0.347. The Hall–Kier alpha value is -2.17. The summed E-state index contributed by atoms with van der Waals surface area (Å²) in [6.07, 6.45) is 4.32. The van der Waals surface area contributed by atoms with E-state index in [9.17, 15) is 9.18 Å². The zero-order valence-electron chi connectivity index (χ0n) is 13.0. The van der Waals surface area contributed by atoms with Crippen molar-refractivity contribution in [3.63, 3.8) is 0 Å². The Bertz CT molecular complexity index is 625. The molecule has 1 amide bonds. The van der Waals surface area contributed by atoms with Crippen molar-refractivity contribution in [1.29, 1.82) is 0 Å². The molecule has 0 N–H and O–H groups in total. The molecule has 1 aromatic carbocycles. The van der Waals surface area contributed by atoms with E-state index in [1.165, 1.54) is 12.3 Å². The largest absolute Gasteiger partial charge is 0.441 e. The van der Waals surface area contributed by atoms with Gasteiger partial charge in [-0.2, -0.15) is 0 Å². The number of carbonyl (C=O) groups is 1. The number of nitrogens with zero attached hydrogens (tertiary/aromatic N) is 2. The number of amides is 1. The number of hydrogen-bond donors (Lipinski definition) is 0. The Morgan fingerprint density at radius 1 is 1.36 bits per heavy atom. The molecule has 4 nitrogen and oxygen atoms in total. The number of oxazole rings is 1. The number of aryl methyl sites for hydroxylation is 1. The molecular weight excluding hydrogens is 283 g/mol. The number of aromatic nitrogens is 1. The predicted molar refractivity (Wildman–Crippen MR) is 82.8 cm³/mol. The first kappa shape index (κ1) is 16.2. The van der Waals surface area contributed by atoms with E-state index in [0.717, 1.165) is 19.4 Å². The Morgan fingerprint density at radius 3 is 2.86 bits per heavy atom. The van der Waals surface area contributed by atoms with Crippen LogP contribution in [0.25, 0.3) is 11.3 Å². The molecule has 0 fully saturated rings. The summed E-state index contributed by atoms with van der Waals surface area (Å²) < 4.78 is 19.2. The SMILES string of the molecule is CCCCN(C)C(=O)CCc1ncc(-c2ccccc2F)o1. The molecule has 2 rings (SSSR count). The first-order valence-electron chi connectivity index (χ1n) is 7.55. The van der Waals surface area contributed by atoms with Crippen molar-refractivity contribution in [2.45, 2.75) is 32.6 Å². The van der Waals surface area contributed by atoms with Crippen LogP contribution in [0.1, 0.15) is 32.1 Å². The minimum absolute atomic E-state index is 0.0686. The van der Waals surface area contributed by atoms with Crippen LogP contribution in [-0.4, -0.2) is 29.4 Å². The molecule has 0 spiro atoms. The van der Waals surface area contributed by atoms with E-state index in [1.54, 1.807) is 30.1 Å². The zero-order chi connectivity index (χ0) is 15.9. The second-order valence-electron chi connectivity index (χ2n) is 5.27. The summed E-state index contributed by atoms with van der Waals surface area (Å²) in [6, 6.07) is 6.39. The lowest BCUT2D eigenvalue weighted by Crippen LogP contribution is -2.27. The maximum Gasteiger partial charge on any atom is 0.222 e. The summed E-state index contributed by atoms with van der Waals surface area (Å²) in [4.78, 5) is 17.8. The molecule has 0 bridgehead atoms. The van der Waals surface area contributed by atoms with Gasteiger partial charge in [-0.15, -0.1) is 0 Å². The van der Waals surface area contributed by atoms with Gasteiger partial charge in [-0.1, -0.05) is 25.5 Å². The van der Waals surface area contributed by atoms with Crippen LogP contribution in [0.15, 0.2) is 34.9 Å². The van der Waals surface area contributed by atoms with Gasteiger partial charge in [0.1, 0.15) is 5.82 Å². The van der Waals surface area contributed by atoms with Crippen LogP contribution in [0.3, 0.4) is 0 Å². The molecule has 0 saturated carbocycles. The normalized spacial score (nSPS) is 10.7. The van der Waals surface area contributed by atoms with Gasteiger partial charge in [-0.25, -0.2) is 9.37 Å². The van der Waals surface area contributed by atoms with Gasteiger partial charge >= 0.3 is 0 Å². The van der Waals surface area contributed by atoms with Gasteiger partial charge in [-0.3, -0.25) is 4.79 Å². The standard InChI is InChI=1S/C17H21FN2O2/c1-3-4-11-20(2)17(21)10-9-16-19-12-15(22-16)13-7-5-6-8-14(13)18/h5-8,12H,3-4,9-11H2,1-2H3. The topological polar surface area (TPSA) is 46.3 Å². The average molecular weight is 304 g/mol. The monoisotopic (exact) mass is 304 g/mol. The van der Waals surface area contributed by atoms with Gasteiger partial charge in [0.25, 0.3) is 0 Å². The third-order valence-electron chi connectivity index (χ3n) is 3.52. The molecule has 0 aliphatic carbocycles. The highest BCUT2D eigenvalue weighted by Crippen LogP contribution is 2.23. The van der Waals surface area contributed by atoms with E-state index >= 15 is 0 Å². The fraction of sp³-hybridized carbons (Fsp3) is 0.412. The van der Waals surface area contributed by atoms with Gasteiger partial charge in [0.2, 0.25) is 5.91 Å². The quantitative estimate of drug-likeness (QED) is 0.784. The van der Waals surface area contributed by atoms with Crippen molar-refractivity contribution >= 4 is 5.91 Å². The van der Waals surface area contributed by atoms with Crippen molar-refractivity contribution in [2.24, 2.45) is 0 Å². The molecule has 0 unspecified atom stereocenters.